The summed E-state index contributed by atoms with van der Waals surface area (Å²) in [6, 6.07) is 10.4. The smallest absolute Gasteiger partial charge is 0.321 e. The number of hydrogen-bond acceptors (Lipinski definition) is 5. The lowest BCUT2D eigenvalue weighted by Gasteiger charge is -2.39. The van der Waals surface area contributed by atoms with Crippen molar-refractivity contribution in [3.05, 3.63) is 57.2 Å². The third-order valence-corrected chi connectivity index (χ3v) is 5.97. The fourth-order valence-corrected chi connectivity index (χ4v) is 4.06. The van der Waals surface area contributed by atoms with Gasteiger partial charge in [0.1, 0.15) is 0 Å². The molecule has 1 heterocycles. The molecular formula is C20H21ClN2O4S. The lowest BCUT2D eigenvalue weighted by atomic mass is 9.64. The quantitative estimate of drug-likeness (QED) is 0.672. The van der Waals surface area contributed by atoms with E-state index in [-0.39, 0.29) is 0 Å². The zero-order valence-electron chi connectivity index (χ0n) is 15.2. The van der Waals surface area contributed by atoms with Gasteiger partial charge in [0.15, 0.2) is 6.61 Å². The molecular weight excluding hydrogens is 400 g/mol. The molecule has 3 amide bonds. The van der Waals surface area contributed by atoms with Crippen LogP contribution in [0.2, 0.25) is 5.02 Å². The minimum absolute atomic E-state index is 0.414. The topological polar surface area (TPSA) is 84.5 Å². The Hall–Kier alpha value is -2.38. The number of amides is 3. The molecule has 2 N–H and O–H groups in total. The minimum atomic E-state index is -0.756. The molecule has 1 aromatic heterocycles. The number of carbonyl (C=O) groups is 3. The van der Waals surface area contributed by atoms with Gasteiger partial charge in [0.05, 0.1) is 5.41 Å². The highest BCUT2D eigenvalue weighted by Crippen LogP contribution is 2.45. The normalized spacial score (nSPS) is 14.6. The second-order valence-corrected chi connectivity index (χ2v) is 8.12. The van der Waals surface area contributed by atoms with Gasteiger partial charge < -0.3 is 10.1 Å². The van der Waals surface area contributed by atoms with Crippen molar-refractivity contribution in [1.29, 1.82) is 0 Å². The molecule has 1 aliphatic rings. The second-order valence-electron chi connectivity index (χ2n) is 6.66. The third-order valence-electron chi connectivity index (χ3n) is 4.80. The van der Waals surface area contributed by atoms with Crippen LogP contribution >= 0.6 is 22.9 Å². The molecule has 148 valence electrons. The molecule has 0 atom stereocenters. The lowest BCUT2D eigenvalue weighted by molar-refractivity contribution is -0.157. The fraction of sp³-hybridized carbons (Fsp3) is 0.350. The number of hydrogen-bond donors (Lipinski definition) is 2. The Balaban J connectivity index is 1.44. The molecule has 0 saturated heterocycles. The van der Waals surface area contributed by atoms with Gasteiger partial charge in [-0.15, -0.1) is 11.3 Å². The molecule has 0 bridgehead atoms. The molecule has 2 aromatic rings. The molecule has 0 unspecified atom stereocenters. The Bertz CT molecular complexity index is 850. The summed E-state index contributed by atoms with van der Waals surface area (Å²) in [6.07, 6.45) is 2.89. The van der Waals surface area contributed by atoms with Gasteiger partial charge in [0.2, 0.25) is 0 Å². The van der Waals surface area contributed by atoms with Crippen molar-refractivity contribution in [2.75, 3.05) is 13.2 Å². The maximum atomic E-state index is 12.6. The van der Waals surface area contributed by atoms with Crippen LogP contribution in [0.4, 0.5) is 4.79 Å². The van der Waals surface area contributed by atoms with E-state index in [0.717, 1.165) is 16.9 Å². The molecule has 28 heavy (non-hydrogen) atoms. The van der Waals surface area contributed by atoms with E-state index in [9.17, 15) is 14.4 Å². The van der Waals surface area contributed by atoms with E-state index in [2.05, 4.69) is 10.6 Å². The monoisotopic (exact) mass is 420 g/mol. The molecule has 0 aliphatic heterocycles. The standard InChI is InChI=1S/C20H21ClN2O4S/c21-15-5-1-4-14(12-15)20(8-3-9-20)18(25)27-13-17(24)23-19(26)22-10-7-16-6-2-11-28-16/h1-2,4-6,11-12H,3,7-10,13H2,(H2,22,23,24,26). The summed E-state index contributed by atoms with van der Waals surface area (Å²) in [5, 5.41) is 7.29. The van der Waals surface area contributed by atoms with Gasteiger partial charge in [-0.05, 0) is 48.4 Å². The van der Waals surface area contributed by atoms with Crippen LogP contribution < -0.4 is 10.6 Å². The number of benzene rings is 1. The first-order valence-corrected chi connectivity index (χ1v) is 10.3. The minimum Gasteiger partial charge on any atom is -0.455 e. The number of ether oxygens (including phenoxy) is 1. The average Bonchev–Trinajstić information content (AvgIpc) is 3.12. The van der Waals surface area contributed by atoms with Crippen LogP contribution in [0.15, 0.2) is 41.8 Å². The Morgan fingerprint density at radius 2 is 2.00 bits per heavy atom. The zero-order chi connectivity index (χ0) is 20.0. The summed E-state index contributed by atoms with van der Waals surface area (Å²) in [6.45, 7) is -0.0865. The largest absolute Gasteiger partial charge is 0.455 e. The van der Waals surface area contributed by atoms with Crippen LogP contribution in [-0.4, -0.2) is 31.1 Å². The summed E-state index contributed by atoms with van der Waals surface area (Å²) in [4.78, 5) is 37.4. The van der Waals surface area contributed by atoms with E-state index < -0.39 is 29.9 Å². The molecule has 8 heteroatoms. The van der Waals surface area contributed by atoms with E-state index >= 15 is 0 Å². The molecule has 1 aromatic carbocycles. The molecule has 0 radical (unpaired) electrons. The fourth-order valence-electron chi connectivity index (χ4n) is 3.16. The number of halogens is 1. The molecule has 6 nitrogen and oxygen atoms in total. The van der Waals surface area contributed by atoms with Crippen LogP contribution in [0.5, 0.6) is 0 Å². The molecule has 0 spiro atoms. The first-order chi connectivity index (χ1) is 13.5. The van der Waals surface area contributed by atoms with E-state index in [1.807, 2.05) is 23.6 Å². The molecule has 3 rings (SSSR count). The second kappa shape index (κ2) is 9.21. The van der Waals surface area contributed by atoms with E-state index in [0.29, 0.717) is 30.8 Å². The molecule has 1 fully saturated rings. The SMILES string of the molecule is O=C(COC(=O)C1(c2cccc(Cl)c2)CCC1)NC(=O)NCCc1cccs1. The highest BCUT2D eigenvalue weighted by atomic mass is 35.5. The summed E-state index contributed by atoms with van der Waals surface area (Å²) in [5.74, 6) is -1.13. The highest BCUT2D eigenvalue weighted by molar-refractivity contribution is 7.09. The van der Waals surface area contributed by atoms with Crippen LogP contribution in [0.1, 0.15) is 29.7 Å². The van der Waals surface area contributed by atoms with Crippen LogP contribution in [0.25, 0.3) is 0 Å². The summed E-state index contributed by atoms with van der Waals surface area (Å²) >= 11 is 7.64. The first kappa shape index (κ1) is 20.4. The van der Waals surface area contributed by atoms with Crippen molar-refractivity contribution in [1.82, 2.24) is 10.6 Å². The number of imide groups is 1. The maximum Gasteiger partial charge on any atom is 0.321 e. The van der Waals surface area contributed by atoms with Gasteiger partial charge >= 0.3 is 12.0 Å². The van der Waals surface area contributed by atoms with Crippen molar-refractivity contribution >= 4 is 40.8 Å². The van der Waals surface area contributed by atoms with E-state index in [1.54, 1.807) is 29.5 Å². The van der Waals surface area contributed by atoms with Crippen molar-refractivity contribution in [2.24, 2.45) is 0 Å². The van der Waals surface area contributed by atoms with Gasteiger partial charge in [0, 0.05) is 16.4 Å². The average molecular weight is 421 g/mol. The van der Waals surface area contributed by atoms with Gasteiger partial charge in [-0.25, -0.2) is 4.79 Å². The van der Waals surface area contributed by atoms with E-state index in [1.165, 1.54) is 0 Å². The predicted octanol–water partition coefficient (Wildman–Crippen LogP) is 3.43. The zero-order valence-corrected chi connectivity index (χ0v) is 16.8. The maximum absolute atomic E-state index is 12.6. The van der Waals surface area contributed by atoms with Crippen LogP contribution in [0.3, 0.4) is 0 Å². The van der Waals surface area contributed by atoms with Crippen molar-refractivity contribution in [3.63, 3.8) is 0 Å². The Kier molecular flexibility index (Phi) is 6.70. The molecule has 1 aliphatic carbocycles. The Morgan fingerprint density at radius 1 is 1.18 bits per heavy atom. The number of carbonyl (C=O) groups excluding carboxylic acids is 3. The predicted molar refractivity (Wildman–Crippen MR) is 108 cm³/mol. The van der Waals surface area contributed by atoms with Crippen molar-refractivity contribution in [2.45, 2.75) is 31.1 Å². The number of urea groups is 1. The molecule has 1 saturated carbocycles. The van der Waals surface area contributed by atoms with Gasteiger partial charge in [-0.3, -0.25) is 14.9 Å². The van der Waals surface area contributed by atoms with Gasteiger partial charge in [-0.1, -0.05) is 36.2 Å². The van der Waals surface area contributed by atoms with Gasteiger partial charge in [-0.2, -0.15) is 0 Å². The number of esters is 1. The van der Waals surface area contributed by atoms with E-state index in [4.69, 9.17) is 16.3 Å². The highest BCUT2D eigenvalue weighted by Gasteiger charge is 2.47. The Labute approximate surface area is 172 Å². The van der Waals surface area contributed by atoms with Crippen molar-refractivity contribution < 1.29 is 19.1 Å². The summed E-state index contributed by atoms with van der Waals surface area (Å²) < 4.78 is 5.20. The lowest BCUT2D eigenvalue weighted by Crippen LogP contribution is -2.46. The summed E-state index contributed by atoms with van der Waals surface area (Å²) in [7, 11) is 0. The van der Waals surface area contributed by atoms with Crippen LogP contribution in [0, 0.1) is 0 Å². The van der Waals surface area contributed by atoms with Gasteiger partial charge in [0.25, 0.3) is 5.91 Å². The number of nitrogens with one attached hydrogen (secondary N) is 2. The first-order valence-electron chi connectivity index (χ1n) is 9.03. The third kappa shape index (κ3) is 4.91. The number of rotatable bonds is 7. The van der Waals surface area contributed by atoms with Crippen LogP contribution in [-0.2, 0) is 26.2 Å². The summed E-state index contributed by atoms with van der Waals surface area (Å²) in [5.41, 5.74) is 0.0386. The number of thiophene rings is 1. The Morgan fingerprint density at radius 3 is 2.64 bits per heavy atom. The van der Waals surface area contributed by atoms with Crippen molar-refractivity contribution in [3.8, 4) is 0 Å².